The van der Waals surface area contributed by atoms with Gasteiger partial charge in [-0.2, -0.15) is 4.98 Å². The number of aromatic nitrogens is 3. The van der Waals surface area contributed by atoms with Crippen molar-refractivity contribution in [3.63, 3.8) is 0 Å². The van der Waals surface area contributed by atoms with Crippen LogP contribution in [0.3, 0.4) is 0 Å². The molecule has 7 heteroatoms. The van der Waals surface area contributed by atoms with Crippen LogP contribution in [0.4, 0.5) is 0 Å². The molecule has 1 saturated carbocycles. The predicted molar refractivity (Wildman–Crippen MR) is 75.0 cm³/mol. The number of nitrogens with zero attached hydrogens (tertiary/aromatic N) is 4. The Morgan fingerprint density at radius 2 is 2.38 bits per heavy atom. The van der Waals surface area contributed by atoms with E-state index in [0.29, 0.717) is 30.8 Å². The van der Waals surface area contributed by atoms with Crippen LogP contribution in [0, 0.1) is 0 Å². The number of nitrogens with one attached hydrogen (secondary N) is 1. The molecule has 1 amide bonds. The van der Waals surface area contributed by atoms with E-state index >= 15 is 0 Å². The van der Waals surface area contributed by atoms with E-state index in [2.05, 4.69) is 20.4 Å². The van der Waals surface area contributed by atoms with Crippen molar-refractivity contribution in [3.8, 4) is 11.4 Å². The van der Waals surface area contributed by atoms with Gasteiger partial charge in [0.1, 0.15) is 0 Å². The van der Waals surface area contributed by atoms with Gasteiger partial charge in [-0.1, -0.05) is 5.16 Å². The van der Waals surface area contributed by atoms with Crippen LogP contribution in [-0.4, -0.2) is 45.6 Å². The van der Waals surface area contributed by atoms with E-state index < -0.39 is 0 Å². The van der Waals surface area contributed by atoms with Gasteiger partial charge < -0.3 is 9.84 Å². The monoisotopic (exact) mass is 287 g/mol. The van der Waals surface area contributed by atoms with E-state index in [1.54, 1.807) is 12.4 Å². The minimum Gasteiger partial charge on any atom is -0.352 e. The van der Waals surface area contributed by atoms with Crippen LogP contribution in [0.1, 0.15) is 18.7 Å². The average Bonchev–Trinajstić information content (AvgIpc) is 3.15. The number of pyridine rings is 1. The summed E-state index contributed by atoms with van der Waals surface area (Å²) in [5.41, 5.74) is 0.807. The SMILES string of the molecule is CN(CC(=O)NC1CC1)Cc1nc(-c2cccnc2)no1. The summed E-state index contributed by atoms with van der Waals surface area (Å²) in [5.74, 6) is 1.02. The first kappa shape index (κ1) is 13.7. The number of hydrogen-bond acceptors (Lipinski definition) is 6. The number of amides is 1. The summed E-state index contributed by atoms with van der Waals surface area (Å²) >= 11 is 0. The molecule has 3 rings (SSSR count). The lowest BCUT2D eigenvalue weighted by molar-refractivity contribution is -0.122. The fourth-order valence-corrected chi connectivity index (χ4v) is 1.96. The largest absolute Gasteiger partial charge is 0.352 e. The van der Waals surface area contributed by atoms with Crippen molar-refractivity contribution >= 4 is 5.91 Å². The van der Waals surface area contributed by atoms with Gasteiger partial charge in [-0.05, 0) is 32.0 Å². The number of carbonyl (C=O) groups excluding carboxylic acids is 1. The molecule has 1 N–H and O–H groups in total. The molecule has 0 spiro atoms. The zero-order valence-corrected chi connectivity index (χ0v) is 11.8. The third kappa shape index (κ3) is 3.85. The Hall–Kier alpha value is -2.28. The molecule has 2 aromatic heterocycles. The second-order valence-electron chi connectivity index (χ2n) is 5.27. The normalized spacial score (nSPS) is 14.4. The molecule has 2 heterocycles. The van der Waals surface area contributed by atoms with E-state index in [1.165, 1.54) is 0 Å². The predicted octanol–water partition coefficient (Wildman–Crippen LogP) is 0.842. The number of likely N-dealkylation sites (N-methyl/N-ethyl adjacent to an activating group) is 1. The molecule has 21 heavy (non-hydrogen) atoms. The van der Waals surface area contributed by atoms with Gasteiger partial charge in [0.15, 0.2) is 0 Å². The van der Waals surface area contributed by atoms with E-state index in [4.69, 9.17) is 4.52 Å². The third-order valence-corrected chi connectivity index (χ3v) is 3.15. The first-order chi connectivity index (χ1) is 10.2. The van der Waals surface area contributed by atoms with Crippen molar-refractivity contribution < 1.29 is 9.32 Å². The highest BCUT2D eigenvalue weighted by Crippen LogP contribution is 2.18. The number of rotatable bonds is 6. The van der Waals surface area contributed by atoms with Crippen LogP contribution >= 0.6 is 0 Å². The molecule has 2 aromatic rings. The van der Waals surface area contributed by atoms with Gasteiger partial charge in [-0.15, -0.1) is 0 Å². The third-order valence-electron chi connectivity index (χ3n) is 3.15. The van der Waals surface area contributed by atoms with Crippen LogP contribution in [0.2, 0.25) is 0 Å². The summed E-state index contributed by atoms with van der Waals surface area (Å²) in [6.45, 7) is 0.756. The Morgan fingerprint density at radius 1 is 1.52 bits per heavy atom. The smallest absolute Gasteiger partial charge is 0.241 e. The molecule has 1 fully saturated rings. The molecular formula is C14H17N5O2. The fraction of sp³-hybridized carbons (Fsp3) is 0.429. The van der Waals surface area contributed by atoms with Crippen molar-refractivity contribution in [2.45, 2.75) is 25.4 Å². The molecule has 0 saturated heterocycles. The van der Waals surface area contributed by atoms with Crippen LogP contribution < -0.4 is 5.32 Å². The number of hydrogen-bond donors (Lipinski definition) is 1. The highest BCUT2D eigenvalue weighted by molar-refractivity contribution is 5.78. The molecular weight excluding hydrogens is 270 g/mol. The quantitative estimate of drug-likeness (QED) is 0.847. The van der Waals surface area contributed by atoms with E-state index in [9.17, 15) is 4.79 Å². The molecule has 0 radical (unpaired) electrons. The Labute approximate surface area is 122 Å². The Kier molecular flexibility index (Phi) is 3.92. The first-order valence-electron chi connectivity index (χ1n) is 6.91. The van der Waals surface area contributed by atoms with Crippen molar-refractivity contribution in [2.75, 3.05) is 13.6 Å². The molecule has 0 aromatic carbocycles. The van der Waals surface area contributed by atoms with Gasteiger partial charge in [-0.25, -0.2) is 0 Å². The molecule has 0 aliphatic heterocycles. The maximum atomic E-state index is 11.7. The maximum Gasteiger partial charge on any atom is 0.241 e. The summed E-state index contributed by atoms with van der Waals surface area (Å²) in [6, 6.07) is 4.07. The highest BCUT2D eigenvalue weighted by atomic mass is 16.5. The van der Waals surface area contributed by atoms with Gasteiger partial charge in [0, 0.05) is 24.0 Å². The van der Waals surface area contributed by atoms with Crippen LogP contribution in [0.25, 0.3) is 11.4 Å². The van der Waals surface area contributed by atoms with Crippen LogP contribution in [0.15, 0.2) is 29.0 Å². The first-order valence-corrected chi connectivity index (χ1v) is 6.91. The zero-order chi connectivity index (χ0) is 14.7. The molecule has 0 atom stereocenters. The summed E-state index contributed by atoms with van der Waals surface area (Å²) in [6.07, 6.45) is 5.55. The van der Waals surface area contributed by atoms with E-state index in [0.717, 1.165) is 18.4 Å². The van der Waals surface area contributed by atoms with Gasteiger partial charge >= 0.3 is 0 Å². The Bertz CT molecular complexity index is 609. The highest BCUT2D eigenvalue weighted by Gasteiger charge is 2.23. The standard InChI is InChI=1S/C14H17N5O2/c1-19(8-12(20)16-11-4-5-11)9-13-17-14(18-21-13)10-3-2-6-15-7-10/h2-3,6-7,11H,4-5,8-9H2,1H3,(H,16,20). The van der Waals surface area contributed by atoms with Crippen molar-refractivity contribution in [1.29, 1.82) is 0 Å². The molecule has 110 valence electrons. The van der Waals surface area contributed by atoms with E-state index in [-0.39, 0.29) is 5.91 Å². The average molecular weight is 287 g/mol. The molecule has 0 bridgehead atoms. The summed E-state index contributed by atoms with van der Waals surface area (Å²) in [7, 11) is 1.85. The molecule has 1 aliphatic carbocycles. The summed E-state index contributed by atoms with van der Waals surface area (Å²) < 4.78 is 5.20. The summed E-state index contributed by atoms with van der Waals surface area (Å²) in [4.78, 5) is 21.9. The van der Waals surface area contributed by atoms with Crippen molar-refractivity contribution in [3.05, 3.63) is 30.4 Å². The second-order valence-corrected chi connectivity index (χ2v) is 5.27. The van der Waals surface area contributed by atoms with Gasteiger partial charge in [0.2, 0.25) is 17.6 Å². The maximum absolute atomic E-state index is 11.7. The zero-order valence-electron chi connectivity index (χ0n) is 11.8. The lowest BCUT2D eigenvalue weighted by atomic mass is 10.3. The lowest BCUT2D eigenvalue weighted by Crippen LogP contribution is -2.35. The minimum absolute atomic E-state index is 0.0343. The fourth-order valence-electron chi connectivity index (χ4n) is 1.96. The lowest BCUT2D eigenvalue weighted by Gasteiger charge is -2.13. The number of carbonyl (C=O) groups is 1. The Morgan fingerprint density at radius 3 is 3.10 bits per heavy atom. The molecule has 1 aliphatic rings. The molecule has 7 nitrogen and oxygen atoms in total. The van der Waals surface area contributed by atoms with Gasteiger partial charge in [0.05, 0.1) is 13.1 Å². The van der Waals surface area contributed by atoms with Crippen LogP contribution in [-0.2, 0) is 11.3 Å². The topological polar surface area (TPSA) is 84.2 Å². The van der Waals surface area contributed by atoms with Gasteiger partial charge in [-0.3, -0.25) is 14.7 Å². The van der Waals surface area contributed by atoms with E-state index in [1.807, 2.05) is 24.1 Å². The van der Waals surface area contributed by atoms with Crippen molar-refractivity contribution in [1.82, 2.24) is 25.3 Å². The Balaban J connectivity index is 1.55. The van der Waals surface area contributed by atoms with Crippen LogP contribution in [0.5, 0.6) is 0 Å². The summed E-state index contributed by atoms with van der Waals surface area (Å²) in [5, 5.41) is 6.87. The van der Waals surface area contributed by atoms with Gasteiger partial charge in [0.25, 0.3) is 0 Å². The molecule has 0 unspecified atom stereocenters. The minimum atomic E-state index is 0.0343. The van der Waals surface area contributed by atoms with Crippen molar-refractivity contribution in [2.24, 2.45) is 0 Å². The second kappa shape index (κ2) is 6.01.